The van der Waals surface area contributed by atoms with E-state index in [2.05, 4.69) is 4.98 Å². The van der Waals surface area contributed by atoms with E-state index < -0.39 is 5.97 Å². The molecular weight excluding hydrogens is 264 g/mol. The molecule has 0 bridgehead atoms. The minimum Gasteiger partial charge on any atom is -0.478 e. The highest BCUT2D eigenvalue weighted by Crippen LogP contribution is 2.24. The summed E-state index contributed by atoms with van der Waals surface area (Å²) >= 11 is 5.83. The van der Waals surface area contributed by atoms with Crippen molar-refractivity contribution in [3.8, 4) is 0 Å². The maximum Gasteiger partial charge on any atom is 0.337 e. The number of benzene rings is 1. The van der Waals surface area contributed by atoms with Crippen molar-refractivity contribution < 1.29 is 9.90 Å². The molecule has 1 N–H and O–H groups in total. The number of hydrogen-bond acceptors (Lipinski definition) is 3. The van der Waals surface area contributed by atoms with Crippen LogP contribution in [0.4, 0.5) is 5.69 Å². The third-order valence-corrected chi connectivity index (χ3v) is 2.96. The predicted molar refractivity (Wildman–Crippen MR) is 74.8 cm³/mol. The lowest BCUT2D eigenvalue weighted by atomic mass is 10.1. The summed E-state index contributed by atoms with van der Waals surface area (Å²) in [7, 11) is 1.82. The van der Waals surface area contributed by atoms with E-state index in [-0.39, 0.29) is 5.56 Å². The fourth-order valence-electron chi connectivity index (χ4n) is 1.83. The standard InChI is InChI=1S/C14H13ClN2O2/c1-17(9-11-4-2-3-7-16-11)13-6-5-10(15)8-12(13)14(18)19/h2-8H,9H2,1H3,(H,18,19). The summed E-state index contributed by atoms with van der Waals surface area (Å²) in [5, 5.41) is 9.61. The Morgan fingerprint density at radius 3 is 2.79 bits per heavy atom. The summed E-state index contributed by atoms with van der Waals surface area (Å²) in [5.41, 5.74) is 1.67. The van der Waals surface area contributed by atoms with Crippen molar-refractivity contribution in [2.75, 3.05) is 11.9 Å². The van der Waals surface area contributed by atoms with Gasteiger partial charge in [0.2, 0.25) is 0 Å². The molecular formula is C14H13ClN2O2. The molecule has 0 unspecified atom stereocenters. The van der Waals surface area contributed by atoms with Gasteiger partial charge in [-0.2, -0.15) is 0 Å². The van der Waals surface area contributed by atoms with Crippen LogP contribution in [0.5, 0.6) is 0 Å². The Labute approximate surface area is 116 Å². The molecule has 0 aliphatic rings. The first kappa shape index (κ1) is 13.4. The number of carboxylic acids is 1. The third kappa shape index (κ3) is 3.23. The molecule has 1 aromatic heterocycles. The van der Waals surface area contributed by atoms with E-state index in [0.717, 1.165) is 5.69 Å². The lowest BCUT2D eigenvalue weighted by Crippen LogP contribution is -2.20. The van der Waals surface area contributed by atoms with Gasteiger partial charge in [0.1, 0.15) is 0 Å². The second kappa shape index (κ2) is 5.71. The Hall–Kier alpha value is -2.07. The van der Waals surface area contributed by atoms with Gasteiger partial charge in [0.15, 0.2) is 0 Å². The van der Waals surface area contributed by atoms with Gasteiger partial charge in [0.05, 0.1) is 23.5 Å². The lowest BCUT2D eigenvalue weighted by molar-refractivity contribution is 0.0697. The van der Waals surface area contributed by atoms with Crippen LogP contribution in [0, 0.1) is 0 Å². The average Bonchev–Trinajstić information content (AvgIpc) is 2.39. The Balaban J connectivity index is 2.28. The zero-order chi connectivity index (χ0) is 13.8. The molecule has 1 aromatic carbocycles. The van der Waals surface area contributed by atoms with Crippen molar-refractivity contribution in [1.82, 2.24) is 4.98 Å². The van der Waals surface area contributed by atoms with Crippen LogP contribution in [0.1, 0.15) is 16.1 Å². The summed E-state index contributed by atoms with van der Waals surface area (Å²) in [4.78, 5) is 17.3. The molecule has 0 aliphatic carbocycles. The van der Waals surface area contributed by atoms with E-state index in [9.17, 15) is 9.90 Å². The molecule has 0 saturated heterocycles. The van der Waals surface area contributed by atoms with Crippen molar-refractivity contribution >= 4 is 23.3 Å². The summed E-state index contributed by atoms with van der Waals surface area (Å²) in [6, 6.07) is 10.5. The Kier molecular flexibility index (Phi) is 4.02. The molecule has 0 spiro atoms. The third-order valence-electron chi connectivity index (χ3n) is 2.73. The molecule has 0 atom stereocenters. The van der Waals surface area contributed by atoms with Gasteiger partial charge in [-0.1, -0.05) is 17.7 Å². The first-order valence-electron chi connectivity index (χ1n) is 5.72. The second-order valence-corrected chi connectivity index (χ2v) is 4.58. The van der Waals surface area contributed by atoms with Crippen molar-refractivity contribution in [2.24, 2.45) is 0 Å². The first-order valence-corrected chi connectivity index (χ1v) is 6.09. The van der Waals surface area contributed by atoms with E-state index in [1.54, 1.807) is 18.3 Å². The smallest absolute Gasteiger partial charge is 0.337 e. The van der Waals surface area contributed by atoms with Gasteiger partial charge in [0.25, 0.3) is 0 Å². The number of halogens is 1. The minimum absolute atomic E-state index is 0.186. The summed E-state index contributed by atoms with van der Waals surface area (Å²) in [6.45, 7) is 0.531. The van der Waals surface area contributed by atoms with E-state index >= 15 is 0 Å². The number of rotatable bonds is 4. The fourth-order valence-corrected chi connectivity index (χ4v) is 2.00. The van der Waals surface area contributed by atoms with Gasteiger partial charge in [0, 0.05) is 18.3 Å². The van der Waals surface area contributed by atoms with E-state index in [1.165, 1.54) is 6.07 Å². The number of anilines is 1. The molecule has 1 heterocycles. The number of aromatic nitrogens is 1. The number of nitrogens with zero attached hydrogens (tertiary/aromatic N) is 2. The van der Waals surface area contributed by atoms with Gasteiger partial charge >= 0.3 is 5.97 Å². The second-order valence-electron chi connectivity index (χ2n) is 4.14. The van der Waals surface area contributed by atoms with Gasteiger partial charge in [-0.15, -0.1) is 0 Å². The molecule has 0 aliphatic heterocycles. The number of carbonyl (C=O) groups is 1. The number of aromatic carboxylic acids is 1. The van der Waals surface area contributed by atoms with Gasteiger partial charge < -0.3 is 10.0 Å². The van der Waals surface area contributed by atoms with Crippen molar-refractivity contribution in [3.63, 3.8) is 0 Å². The van der Waals surface area contributed by atoms with Crippen molar-refractivity contribution in [2.45, 2.75) is 6.54 Å². The molecule has 2 aromatic rings. The largest absolute Gasteiger partial charge is 0.478 e. The molecule has 4 nitrogen and oxygen atoms in total. The highest BCUT2D eigenvalue weighted by atomic mass is 35.5. The monoisotopic (exact) mass is 276 g/mol. The van der Waals surface area contributed by atoms with Crippen LogP contribution in [0.15, 0.2) is 42.6 Å². The predicted octanol–water partition coefficient (Wildman–Crippen LogP) is 3.07. The van der Waals surface area contributed by atoms with E-state index in [4.69, 9.17) is 11.6 Å². The molecule has 0 radical (unpaired) electrons. The van der Waals surface area contributed by atoms with Crippen LogP contribution in [0.3, 0.4) is 0 Å². The summed E-state index contributed by atoms with van der Waals surface area (Å²) in [5.74, 6) is -0.995. The highest BCUT2D eigenvalue weighted by Gasteiger charge is 2.14. The van der Waals surface area contributed by atoms with Crippen LogP contribution < -0.4 is 4.90 Å². The Morgan fingerprint density at radius 1 is 1.37 bits per heavy atom. The topological polar surface area (TPSA) is 53.4 Å². The molecule has 0 fully saturated rings. The molecule has 5 heteroatoms. The minimum atomic E-state index is -0.995. The van der Waals surface area contributed by atoms with Crippen molar-refractivity contribution in [1.29, 1.82) is 0 Å². The van der Waals surface area contributed by atoms with E-state index in [1.807, 2.05) is 30.1 Å². The number of hydrogen-bond donors (Lipinski definition) is 1. The van der Waals surface area contributed by atoms with Crippen LogP contribution in [-0.4, -0.2) is 23.1 Å². The maximum absolute atomic E-state index is 11.2. The normalized spacial score (nSPS) is 10.2. The van der Waals surface area contributed by atoms with Crippen LogP contribution in [0.25, 0.3) is 0 Å². The highest BCUT2D eigenvalue weighted by molar-refractivity contribution is 6.31. The molecule has 0 amide bonds. The molecule has 0 saturated carbocycles. The van der Waals surface area contributed by atoms with Crippen LogP contribution >= 0.6 is 11.6 Å². The Morgan fingerprint density at radius 2 is 2.16 bits per heavy atom. The lowest BCUT2D eigenvalue weighted by Gasteiger charge is -2.21. The van der Waals surface area contributed by atoms with Gasteiger partial charge in [-0.3, -0.25) is 4.98 Å². The van der Waals surface area contributed by atoms with Gasteiger partial charge in [-0.05, 0) is 30.3 Å². The number of carboxylic acid groups (broad SMARTS) is 1. The summed E-state index contributed by atoms with van der Waals surface area (Å²) in [6.07, 6.45) is 1.71. The van der Waals surface area contributed by atoms with Crippen LogP contribution in [-0.2, 0) is 6.54 Å². The van der Waals surface area contributed by atoms with Gasteiger partial charge in [-0.25, -0.2) is 4.79 Å². The summed E-state index contributed by atoms with van der Waals surface area (Å²) < 4.78 is 0. The fraction of sp³-hybridized carbons (Fsp3) is 0.143. The molecule has 98 valence electrons. The molecule has 2 rings (SSSR count). The average molecular weight is 277 g/mol. The van der Waals surface area contributed by atoms with Crippen molar-refractivity contribution in [3.05, 3.63) is 58.9 Å². The number of pyridine rings is 1. The van der Waals surface area contributed by atoms with E-state index in [0.29, 0.717) is 17.3 Å². The first-order chi connectivity index (χ1) is 9.08. The van der Waals surface area contributed by atoms with Crippen LogP contribution in [0.2, 0.25) is 5.02 Å². The zero-order valence-electron chi connectivity index (χ0n) is 10.4. The zero-order valence-corrected chi connectivity index (χ0v) is 11.1. The molecule has 19 heavy (non-hydrogen) atoms. The maximum atomic E-state index is 11.2. The SMILES string of the molecule is CN(Cc1ccccn1)c1ccc(Cl)cc1C(=O)O. The quantitative estimate of drug-likeness (QED) is 0.932. The Bertz CT molecular complexity index is 587.